The maximum atomic E-state index is 11.3. The van der Waals surface area contributed by atoms with Gasteiger partial charge in [-0.1, -0.05) is 12.1 Å². The number of benzene rings is 1. The van der Waals surface area contributed by atoms with Gasteiger partial charge in [0.05, 0.1) is 32.5 Å². The van der Waals surface area contributed by atoms with Gasteiger partial charge in [0.15, 0.2) is 0 Å². The third-order valence-electron chi connectivity index (χ3n) is 4.17. The first kappa shape index (κ1) is 20.4. The Morgan fingerprint density at radius 3 is 2.69 bits per heavy atom. The molecular formula is C20H28O6. The lowest BCUT2D eigenvalue weighted by molar-refractivity contribution is -0.137. The van der Waals surface area contributed by atoms with Crippen LogP contribution in [0.15, 0.2) is 36.4 Å². The molecule has 1 heterocycles. The third kappa shape index (κ3) is 7.15. The molecule has 1 aromatic carbocycles. The number of rotatable bonds is 12. The monoisotopic (exact) mass is 364 g/mol. The van der Waals surface area contributed by atoms with Crippen LogP contribution in [0.1, 0.15) is 25.3 Å². The van der Waals surface area contributed by atoms with Crippen LogP contribution in [0.5, 0.6) is 5.75 Å². The maximum absolute atomic E-state index is 11.3. The summed E-state index contributed by atoms with van der Waals surface area (Å²) in [6, 6.07) is 7.83. The quantitative estimate of drug-likeness (QED) is 0.246. The van der Waals surface area contributed by atoms with Crippen LogP contribution >= 0.6 is 0 Å². The van der Waals surface area contributed by atoms with Crippen LogP contribution in [0.25, 0.3) is 0 Å². The molecule has 1 aliphatic rings. The average Bonchev–Trinajstić information content (AvgIpc) is 3.41. The van der Waals surface area contributed by atoms with Crippen LogP contribution in [0.3, 0.4) is 0 Å². The van der Waals surface area contributed by atoms with Crippen molar-refractivity contribution in [1.82, 2.24) is 0 Å². The van der Waals surface area contributed by atoms with Crippen molar-refractivity contribution in [2.45, 2.75) is 44.7 Å². The molecule has 6 heteroatoms. The predicted octanol–water partition coefficient (Wildman–Crippen LogP) is 2.89. The van der Waals surface area contributed by atoms with E-state index in [1.807, 2.05) is 24.3 Å². The fourth-order valence-corrected chi connectivity index (χ4v) is 2.60. The molecule has 1 aromatic rings. The minimum absolute atomic E-state index is 0.0303. The van der Waals surface area contributed by atoms with E-state index in [0.717, 1.165) is 24.2 Å². The molecule has 0 aromatic heterocycles. The van der Waals surface area contributed by atoms with Crippen LogP contribution in [0.2, 0.25) is 0 Å². The highest BCUT2D eigenvalue weighted by molar-refractivity contribution is 5.82. The molecular weight excluding hydrogens is 336 g/mol. The van der Waals surface area contributed by atoms with Crippen molar-refractivity contribution in [2.24, 2.45) is 0 Å². The molecule has 1 aliphatic heterocycles. The third-order valence-corrected chi connectivity index (χ3v) is 4.17. The predicted molar refractivity (Wildman–Crippen MR) is 97.1 cm³/mol. The van der Waals surface area contributed by atoms with Gasteiger partial charge in [0, 0.05) is 26.2 Å². The van der Waals surface area contributed by atoms with Gasteiger partial charge in [-0.05, 0) is 37.1 Å². The minimum atomic E-state index is -0.336. The summed E-state index contributed by atoms with van der Waals surface area (Å²) in [5.41, 5.74) is 1.11. The zero-order valence-electron chi connectivity index (χ0n) is 15.7. The number of methoxy groups -OCH3 is 2. The average molecular weight is 364 g/mol. The molecule has 0 unspecified atom stereocenters. The molecule has 144 valence electrons. The topological polar surface area (TPSA) is 66.5 Å². The van der Waals surface area contributed by atoms with E-state index in [9.17, 15) is 4.79 Å². The standard InChI is InChI=1S/C20H28O6/c1-4-25-20(21)10-9-18-19(26-18)13-17(23-3)11-12-24-14-15-5-7-16(22-2)8-6-15/h5-10,17-19H,4,11-14H2,1-3H3/b10-9+/t17-,18+,19+/m0/s1. The summed E-state index contributed by atoms with van der Waals surface area (Å²) in [6.07, 6.45) is 4.87. The Balaban J connectivity index is 1.61. The molecule has 0 aliphatic carbocycles. The Morgan fingerprint density at radius 2 is 2.04 bits per heavy atom. The summed E-state index contributed by atoms with van der Waals surface area (Å²) >= 11 is 0. The number of esters is 1. The lowest BCUT2D eigenvalue weighted by Gasteiger charge is -2.14. The molecule has 1 saturated heterocycles. The summed E-state index contributed by atoms with van der Waals surface area (Å²) < 4.78 is 26.8. The van der Waals surface area contributed by atoms with Crippen molar-refractivity contribution in [3.63, 3.8) is 0 Å². The molecule has 0 saturated carbocycles. The first-order valence-electron chi connectivity index (χ1n) is 8.90. The second-order valence-electron chi connectivity index (χ2n) is 6.03. The molecule has 0 N–H and O–H groups in total. The molecule has 1 fully saturated rings. The van der Waals surface area contributed by atoms with E-state index >= 15 is 0 Å². The van der Waals surface area contributed by atoms with Crippen LogP contribution in [-0.2, 0) is 30.3 Å². The van der Waals surface area contributed by atoms with E-state index in [-0.39, 0.29) is 24.3 Å². The molecule has 6 nitrogen and oxygen atoms in total. The largest absolute Gasteiger partial charge is 0.497 e. The van der Waals surface area contributed by atoms with E-state index in [4.69, 9.17) is 23.7 Å². The summed E-state index contributed by atoms with van der Waals surface area (Å²) in [6.45, 7) is 3.33. The molecule has 2 rings (SSSR count). The molecule has 26 heavy (non-hydrogen) atoms. The SMILES string of the molecule is CCOC(=O)/C=C/[C@H]1O[C@@H]1C[C@H](CCOCc1ccc(OC)cc1)OC. The summed E-state index contributed by atoms with van der Waals surface area (Å²) in [7, 11) is 3.34. The van der Waals surface area contributed by atoms with Crippen molar-refractivity contribution < 1.29 is 28.5 Å². The molecule has 0 amide bonds. The minimum Gasteiger partial charge on any atom is -0.497 e. The van der Waals surface area contributed by atoms with Crippen molar-refractivity contribution >= 4 is 5.97 Å². The van der Waals surface area contributed by atoms with Gasteiger partial charge in [0.25, 0.3) is 0 Å². The first-order valence-corrected chi connectivity index (χ1v) is 8.90. The van der Waals surface area contributed by atoms with Crippen molar-refractivity contribution in [3.8, 4) is 5.75 Å². The van der Waals surface area contributed by atoms with Crippen LogP contribution in [0.4, 0.5) is 0 Å². The lowest BCUT2D eigenvalue weighted by atomic mass is 10.1. The Bertz CT molecular complexity index is 568. The van der Waals surface area contributed by atoms with E-state index in [0.29, 0.717) is 19.8 Å². The highest BCUT2D eigenvalue weighted by atomic mass is 16.6. The Morgan fingerprint density at radius 1 is 1.27 bits per heavy atom. The van der Waals surface area contributed by atoms with E-state index in [2.05, 4.69) is 0 Å². The number of ether oxygens (including phenoxy) is 5. The van der Waals surface area contributed by atoms with Gasteiger partial charge in [0.1, 0.15) is 11.9 Å². The number of carbonyl (C=O) groups is 1. The Hall–Kier alpha value is -1.89. The fourth-order valence-electron chi connectivity index (χ4n) is 2.60. The van der Waals surface area contributed by atoms with Crippen molar-refractivity contribution in [3.05, 3.63) is 42.0 Å². The Labute approximate surface area is 155 Å². The van der Waals surface area contributed by atoms with Gasteiger partial charge in [0.2, 0.25) is 0 Å². The number of hydrogen-bond donors (Lipinski definition) is 0. The number of hydrogen-bond acceptors (Lipinski definition) is 6. The van der Waals surface area contributed by atoms with Crippen LogP contribution in [0, 0.1) is 0 Å². The van der Waals surface area contributed by atoms with Gasteiger partial charge in [-0.15, -0.1) is 0 Å². The zero-order valence-corrected chi connectivity index (χ0v) is 15.7. The summed E-state index contributed by atoms with van der Waals surface area (Å²) in [5, 5.41) is 0. The van der Waals surface area contributed by atoms with Gasteiger partial charge < -0.3 is 23.7 Å². The number of carbonyl (C=O) groups excluding carboxylic acids is 1. The maximum Gasteiger partial charge on any atom is 0.330 e. The highest BCUT2D eigenvalue weighted by Crippen LogP contribution is 2.29. The number of epoxide rings is 1. The van der Waals surface area contributed by atoms with E-state index in [1.165, 1.54) is 6.08 Å². The summed E-state index contributed by atoms with van der Waals surface area (Å²) in [4.78, 5) is 11.3. The van der Waals surface area contributed by atoms with Crippen molar-refractivity contribution in [1.29, 1.82) is 0 Å². The molecule has 3 atom stereocenters. The molecule has 0 bridgehead atoms. The summed E-state index contributed by atoms with van der Waals surface area (Å²) in [5.74, 6) is 0.501. The van der Waals surface area contributed by atoms with E-state index < -0.39 is 0 Å². The van der Waals surface area contributed by atoms with Gasteiger partial charge in [-0.3, -0.25) is 0 Å². The van der Waals surface area contributed by atoms with Crippen LogP contribution in [-0.4, -0.2) is 51.7 Å². The Kier molecular flexibility index (Phi) is 8.61. The van der Waals surface area contributed by atoms with E-state index in [1.54, 1.807) is 27.2 Å². The second-order valence-corrected chi connectivity index (χ2v) is 6.03. The highest BCUT2D eigenvalue weighted by Gasteiger charge is 2.38. The smallest absolute Gasteiger partial charge is 0.330 e. The van der Waals surface area contributed by atoms with Gasteiger partial charge in [-0.25, -0.2) is 4.79 Å². The lowest BCUT2D eigenvalue weighted by Crippen LogP contribution is -2.17. The second kappa shape index (κ2) is 11.0. The zero-order chi connectivity index (χ0) is 18.8. The van der Waals surface area contributed by atoms with Crippen LogP contribution < -0.4 is 4.74 Å². The van der Waals surface area contributed by atoms with Gasteiger partial charge in [-0.2, -0.15) is 0 Å². The molecule has 0 spiro atoms. The fraction of sp³-hybridized carbons (Fsp3) is 0.550. The first-order chi connectivity index (χ1) is 12.7. The van der Waals surface area contributed by atoms with Gasteiger partial charge >= 0.3 is 5.97 Å². The van der Waals surface area contributed by atoms with Crippen molar-refractivity contribution in [2.75, 3.05) is 27.4 Å². The molecule has 0 radical (unpaired) electrons. The normalized spacial score (nSPS) is 20.1.